The number of fused-ring (bicyclic) bond motifs is 1. The predicted molar refractivity (Wildman–Crippen MR) is 117 cm³/mol. The van der Waals surface area contributed by atoms with Gasteiger partial charge in [-0.3, -0.25) is 5.41 Å². The standard InChI is InChI=1S/C21H23N3O2.2ClH/c22-21(23)17-6-7-18-16(10-13-25-18)19(17)20(14-4-2-1-3-5-14)26-15-8-11-24-12-9-15;;/h1-7,10,13,15,20,24H,8-9,11-12H2,(H3,22,23);2*1H. The Kier molecular flexibility index (Phi) is 7.89. The van der Waals surface area contributed by atoms with Crippen LogP contribution in [0.25, 0.3) is 11.0 Å². The molecule has 1 unspecified atom stereocenters. The Morgan fingerprint density at radius 1 is 1.07 bits per heavy atom. The lowest BCUT2D eigenvalue weighted by molar-refractivity contribution is -0.00749. The molecule has 1 aromatic heterocycles. The summed E-state index contributed by atoms with van der Waals surface area (Å²) in [6.07, 6.45) is 3.49. The third-order valence-electron chi connectivity index (χ3n) is 4.95. The van der Waals surface area contributed by atoms with Crippen LogP contribution in [0.15, 0.2) is 59.2 Å². The molecule has 7 heteroatoms. The van der Waals surface area contributed by atoms with Gasteiger partial charge in [0.2, 0.25) is 0 Å². The zero-order valence-electron chi connectivity index (χ0n) is 15.4. The lowest BCUT2D eigenvalue weighted by atomic mass is 9.92. The van der Waals surface area contributed by atoms with Crippen molar-refractivity contribution < 1.29 is 9.15 Å². The van der Waals surface area contributed by atoms with E-state index in [9.17, 15) is 0 Å². The second-order valence-electron chi connectivity index (χ2n) is 6.65. The molecule has 0 radical (unpaired) electrons. The van der Waals surface area contributed by atoms with E-state index in [4.69, 9.17) is 20.3 Å². The lowest BCUT2D eigenvalue weighted by Gasteiger charge is -2.30. The quantitative estimate of drug-likeness (QED) is 0.420. The largest absolute Gasteiger partial charge is 0.464 e. The number of nitrogen functional groups attached to an aromatic ring is 1. The monoisotopic (exact) mass is 421 g/mol. The van der Waals surface area contributed by atoms with E-state index in [0.29, 0.717) is 5.56 Å². The smallest absolute Gasteiger partial charge is 0.134 e. The molecule has 1 fully saturated rings. The average molecular weight is 422 g/mol. The maximum absolute atomic E-state index is 8.06. The van der Waals surface area contributed by atoms with Crippen molar-refractivity contribution in [2.45, 2.75) is 25.0 Å². The molecule has 2 aromatic carbocycles. The Bertz CT molecular complexity index is 908. The molecule has 5 nitrogen and oxygen atoms in total. The van der Waals surface area contributed by atoms with Gasteiger partial charge in [0.1, 0.15) is 17.5 Å². The maximum atomic E-state index is 8.06. The Morgan fingerprint density at radius 3 is 2.46 bits per heavy atom. The zero-order chi connectivity index (χ0) is 17.9. The van der Waals surface area contributed by atoms with Crippen molar-refractivity contribution in [3.8, 4) is 0 Å². The predicted octanol–water partition coefficient (Wildman–Crippen LogP) is 4.42. The van der Waals surface area contributed by atoms with E-state index in [2.05, 4.69) is 17.4 Å². The van der Waals surface area contributed by atoms with Crippen molar-refractivity contribution in [1.82, 2.24) is 5.32 Å². The highest BCUT2D eigenvalue weighted by Gasteiger charge is 2.27. The van der Waals surface area contributed by atoms with E-state index in [-0.39, 0.29) is 42.9 Å². The van der Waals surface area contributed by atoms with Crippen LogP contribution in [0, 0.1) is 5.41 Å². The van der Waals surface area contributed by atoms with Crippen molar-refractivity contribution in [3.63, 3.8) is 0 Å². The highest BCUT2D eigenvalue weighted by molar-refractivity contribution is 6.01. The Labute approximate surface area is 177 Å². The lowest BCUT2D eigenvalue weighted by Crippen LogP contribution is -2.33. The topological polar surface area (TPSA) is 84.3 Å². The Morgan fingerprint density at radius 2 is 1.79 bits per heavy atom. The van der Waals surface area contributed by atoms with E-state index in [1.165, 1.54) is 0 Å². The van der Waals surface area contributed by atoms with E-state index >= 15 is 0 Å². The highest BCUT2D eigenvalue weighted by Crippen LogP contribution is 2.36. The number of benzene rings is 2. The van der Waals surface area contributed by atoms with E-state index in [1.807, 2.05) is 36.4 Å². The van der Waals surface area contributed by atoms with Gasteiger partial charge >= 0.3 is 0 Å². The SMILES string of the molecule is Cl.Cl.N=C(N)c1ccc2occc2c1C(OC1CCNCC1)c1ccccc1. The first-order chi connectivity index (χ1) is 12.7. The van der Waals surface area contributed by atoms with Crippen LogP contribution in [-0.4, -0.2) is 25.0 Å². The number of amidine groups is 1. The summed E-state index contributed by atoms with van der Waals surface area (Å²) in [5.41, 5.74) is 9.35. The first-order valence-electron chi connectivity index (χ1n) is 8.99. The molecule has 150 valence electrons. The first-order valence-corrected chi connectivity index (χ1v) is 8.99. The van der Waals surface area contributed by atoms with Gasteiger partial charge in [0.05, 0.1) is 12.4 Å². The number of rotatable bonds is 5. The minimum atomic E-state index is -0.292. The Balaban J connectivity index is 0.00000140. The number of hydrogen-bond donors (Lipinski definition) is 3. The number of hydrogen-bond acceptors (Lipinski definition) is 4. The van der Waals surface area contributed by atoms with Gasteiger partial charge in [-0.2, -0.15) is 0 Å². The van der Waals surface area contributed by atoms with Crippen LogP contribution in [0.2, 0.25) is 0 Å². The highest BCUT2D eigenvalue weighted by atomic mass is 35.5. The van der Waals surface area contributed by atoms with Crippen LogP contribution in [0.3, 0.4) is 0 Å². The van der Waals surface area contributed by atoms with Crippen LogP contribution in [0.5, 0.6) is 0 Å². The summed E-state index contributed by atoms with van der Waals surface area (Å²) in [4.78, 5) is 0. The molecule has 28 heavy (non-hydrogen) atoms. The van der Waals surface area contributed by atoms with Crippen LogP contribution >= 0.6 is 24.8 Å². The first kappa shape index (κ1) is 22.2. The molecule has 0 spiro atoms. The van der Waals surface area contributed by atoms with Gasteiger partial charge < -0.3 is 20.2 Å². The van der Waals surface area contributed by atoms with Crippen molar-refractivity contribution in [3.05, 3.63) is 71.5 Å². The fraction of sp³-hybridized carbons (Fsp3) is 0.286. The van der Waals surface area contributed by atoms with Gasteiger partial charge in [-0.25, -0.2) is 0 Å². The summed E-state index contributed by atoms with van der Waals surface area (Å²) in [5, 5.41) is 12.4. The summed E-state index contributed by atoms with van der Waals surface area (Å²) in [6, 6.07) is 15.8. The van der Waals surface area contributed by atoms with Gasteiger partial charge in [-0.1, -0.05) is 30.3 Å². The Hall–Kier alpha value is -2.05. The molecule has 4 rings (SSSR count). The third kappa shape index (κ3) is 4.50. The summed E-state index contributed by atoms with van der Waals surface area (Å²) < 4.78 is 12.2. The molecule has 0 aliphatic carbocycles. The number of halogens is 2. The van der Waals surface area contributed by atoms with Crippen molar-refractivity contribution >= 4 is 41.6 Å². The second-order valence-corrected chi connectivity index (χ2v) is 6.65. The molecule has 1 aliphatic rings. The van der Waals surface area contributed by atoms with Crippen LogP contribution in [0.4, 0.5) is 0 Å². The maximum Gasteiger partial charge on any atom is 0.134 e. The molecule has 1 atom stereocenters. The van der Waals surface area contributed by atoms with Crippen LogP contribution in [-0.2, 0) is 4.74 Å². The van der Waals surface area contributed by atoms with E-state index in [0.717, 1.165) is 48.0 Å². The molecule has 0 saturated carbocycles. The summed E-state index contributed by atoms with van der Waals surface area (Å²) in [5.74, 6) is 0.0398. The van der Waals surface area contributed by atoms with Crippen molar-refractivity contribution in [2.24, 2.45) is 5.73 Å². The number of nitrogens with one attached hydrogen (secondary N) is 2. The fourth-order valence-corrected chi connectivity index (χ4v) is 3.65. The molecular formula is C21H25Cl2N3O2. The number of ether oxygens (including phenoxy) is 1. The number of furan rings is 1. The molecule has 4 N–H and O–H groups in total. The third-order valence-corrected chi connectivity index (χ3v) is 4.95. The fourth-order valence-electron chi connectivity index (χ4n) is 3.65. The van der Waals surface area contributed by atoms with Gasteiger partial charge in [-0.15, -0.1) is 24.8 Å². The molecule has 2 heterocycles. The van der Waals surface area contributed by atoms with Gasteiger partial charge in [-0.05, 0) is 49.7 Å². The minimum absolute atomic E-state index is 0. The van der Waals surface area contributed by atoms with Crippen molar-refractivity contribution in [1.29, 1.82) is 5.41 Å². The van der Waals surface area contributed by atoms with Crippen LogP contribution in [0.1, 0.15) is 35.6 Å². The molecule has 0 amide bonds. The molecule has 1 aliphatic heterocycles. The molecular weight excluding hydrogens is 397 g/mol. The second kappa shape index (κ2) is 9.94. The minimum Gasteiger partial charge on any atom is -0.464 e. The normalized spacial score (nSPS) is 15.4. The van der Waals surface area contributed by atoms with Gasteiger partial charge in [0.15, 0.2) is 0 Å². The zero-order valence-corrected chi connectivity index (χ0v) is 17.0. The molecule has 3 aromatic rings. The molecule has 0 bridgehead atoms. The summed E-state index contributed by atoms with van der Waals surface area (Å²) in [7, 11) is 0. The van der Waals surface area contributed by atoms with Gasteiger partial charge in [0.25, 0.3) is 0 Å². The summed E-state index contributed by atoms with van der Waals surface area (Å²) >= 11 is 0. The van der Waals surface area contributed by atoms with E-state index < -0.39 is 0 Å². The molecule has 1 saturated heterocycles. The number of nitrogens with two attached hydrogens (primary N) is 1. The van der Waals surface area contributed by atoms with Gasteiger partial charge in [0, 0.05) is 16.5 Å². The number of piperidine rings is 1. The summed E-state index contributed by atoms with van der Waals surface area (Å²) in [6.45, 7) is 1.92. The average Bonchev–Trinajstić information content (AvgIpc) is 3.16. The van der Waals surface area contributed by atoms with Crippen molar-refractivity contribution in [2.75, 3.05) is 13.1 Å². The van der Waals surface area contributed by atoms with E-state index in [1.54, 1.807) is 6.26 Å². The van der Waals surface area contributed by atoms with Crippen LogP contribution < -0.4 is 11.1 Å².